The molecule has 0 radical (unpaired) electrons. The van der Waals surface area contributed by atoms with Gasteiger partial charge in [0, 0.05) is 0 Å². The lowest BCUT2D eigenvalue weighted by Gasteiger charge is -2.57. The Balaban J connectivity index is 0.00000576. The molecule has 144 valence electrons. The number of carbonyl (C=O) groups is 4. The highest BCUT2D eigenvalue weighted by atomic mass is 79.9. The molecule has 0 amide bonds. The van der Waals surface area contributed by atoms with Crippen LogP contribution >= 0.6 is 17.0 Å². The molecule has 0 bridgehead atoms. The van der Waals surface area contributed by atoms with E-state index in [1.165, 1.54) is 0 Å². The van der Waals surface area contributed by atoms with E-state index in [1.807, 2.05) is 0 Å². The molecule has 1 aliphatic heterocycles. The molecule has 1 saturated heterocycles. The number of Topliss-reactive ketones (excluding diaryl/α,β-unsaturated/α-hetero) is 4. The van der Waals surface area contributed by atoms with Crippen molar-refractivity contribution in [3.8, 4) is 0 Å². The van der Waals surface area contributed by atoms with Crippen molar-refractivity contribution >= 4 is 40.1 Å². The van der Waals surface area contributed by atoms with Crippen LogP contribution in [-0.4, -0.2) is 84.0 Å². The quantitative estimate of drug-likeness (QED) is 0.306. The predicted octanol–water partition coefficient (Wildman–Crippen LogP) is -2.81. The topological polar surface area (TPSA) is 179 Å². The van der Waals surface area contributed by atoms with E-state index in [0.717, 1.165) is 6.92 Å². The number of hydrogen-bond acceptors (Lipinski definition) is 10. The van der Waals surface area contributed by atoms with Crippen LogP contribution in [0.25, 0.3) is 0 Å². The molecule has 0 saturated carbocycles. The number of ether oxygens (including phenoxy) is 1. The van der Waals surface area contributed by atoms with Gasteiger partial charge in [-0.05, 0) is 27.7 Å². The van der Waals surface area contributed by atoms with Crippen molar-refractivity contribution in [2.75, 3.05) is 0 Å². The SMILES string of the molecule is Br.CC(=O)C(O)[C@H]1O[C@H](O)[C@@](O)(C(C)=O)[C@](O)(C(C)=O)[C@@]1(O)C(C)=O. The first-order valence-corrected chi connectivity index (χ1v) is 6.92. The average molecular weight is 429 g/mol. The van der Waals surface area contributed by atoms with Gasteiger partial charge in [-0.1, -0.05) is 0 Å². The molecule has 0 aromatic heterocycles. The van der Waals surface area contributed by atoms with E-state index in [9.17, 15) is 44.7 Å². The van der Waals surface area contributed by atoms with Crippen molar-refractivity contribution < 1.29 is 49.4 Å². The highest BCUT2D eigenvalue weighted by Gasteiger charge is 2.79. The van der Waals surface area contributed by atoms with Gasteiger partial charge in [-0.15, -0.1) is 17.0 Å². The number of hydrogen-bond donors (Lipinski definition) is 5. The highest BCUT2D eigenvalue weighted by molar-refractivity contribution is 8.93. The Kier molecular flexibility index (Phi) is 6.96. The molecule has 10 nitrogen and oxygen atoms in total. The maximum absolute atomic E-state index is 12.0. The third kappa shape index (κ3) is 2.89. The molecule has 5 N–H and O–H groups in total. The Bertz CT molecular complexity index is 606. The Labute approximate surface area is 153 Å². The Morgan fingerprint density at radius 1 is 0.880 bits per heavy atom. The number of aliphatic hydroxyl groups is 5. The molecule has 0 spiro atoms. The second-order valence-corrected chi connectivity index (χ2v) is 5.88. The summed E-state index contributed by atoms with van der Waals surface area (Å²) < 4.78 is 4.74. The molecule has 6 atom stereocenters. The molecule has 25 heavy (non-hydrogen) atoms. The minimum absolute atomic E-state index is 0. The van der Waals surface area contributed by atoms with Crippen LogP contribution < -0.4 is 0 Å². The zero-order chi connectivity index (χ0) is 19.2. The van der Waals surface area contributed by atoms with Gasteiger partial charge >= 0.3 is 0 Å². The minimum atomic E-state index is -3.57. The van der Waals surface area contributed by atoms with Gasteiger partial charge in [-0.2, -0.15) is 0 Å². The van der Waals surface area contributed by atoms with E-state index < -0.39 is 58.4 Å². The summed E-state index contributed by atoms with van der Waals surface area (Å²) in [4.78, 5) is 47.3. The van der Waals surface area contributed by atoms with Gasteiger partial charge in [-0.3, -0.25) is 19.2 Å². The van der Waals surface area contributed by atoms with Crippen molar-refractivity contribution in [2.24, 2.45) is 0 Å². The van der Waals surface area contributed by atoms with Gasteiger partial charge in [0.1, 0.15) is 12.2 Å². The van der Waals surface area contributed by atoms with E-state index in [-0.39, 0.29) is 17.0 Å². The van der Waals surface area contributed by atoms with Crippen molar-refractivity contribution in [1.82, 2.24) is 0 Å². The molecule has 1 unspecified atom stereocenters. The first kappa shape index (κ1) is 23.9. The van der Waals surface area contributed by atoms with E-state index in [0.29, 0.717) is 20.8 Å². The number of rotatable bonds is 5. The summed E-state index contributed by atoms with van der Waals surface area (Å²) in [6, 6.07) is 0. The molecule has 1 fully saturated rings. The van der Waals surface area contributed by atoms with Gasteiger partial charge < -0.3 is 30.3 Å². The predicted molar refractivity (Wildman–Crippen MR) is 84.8 cm³/mol. The first-order valence-electron chi connectivity index (χ1n) is 6.92. The average Bonchev–Trinajstić information content (AvgIpc) is 2.46. The third-order valence-electron chi connectivity index (χ3n) is 4.43. The number of ketones is 4. The summed E-state index contributed by atoms with van der Waals surface area (Å²) in [6.45, 7) is 2.88. The second-order valence-electron chi connectivity index (χ2n) is 5.88. The first-order chi connectivity index (χ1) is 10.7. The Hall–Kier alpha value is -1.08. The molecular formula is C14H21BrO10. The molecule has 1 aliphatic rings. The number of halogens is 1. The van der Waals surface area contributed by atoms with Crippen molar-refractivity contribution in [3.63, 3.8) is 0 Å². The van der Waals surface area contributed by atoms with Crippen molar-refractivity contribution in [3.05, 3.63) is 0 Å². The van der Waals surface area contributed by atoms with Gasteiger partial charge in [0.2, 0.25) is 11.2 Å². The lowest BCUT2D eigenvalue weighted by molar-refractivity contribution is -0.364. The van der Waals surface area contributed by atoms with Gasteiger partial charge in [-0.25, -0.2) is 0 Å². The largest absolute Gasteiger partial charge is 0.382 e. The van der Waals surface area contributed by atoms with Gasteiger partial charge in [0.15, 0.2) is 35.0 Å². The summed E-state index contributed by atoms with van der Waals surface area (Å²) in [6.07, 6.45) is -7.16. The van der Waals surface area contributed by atoms with Crippen LogP contribution in [0, 0.1) is 0 Å². The summed E-state index contributed by atoms with van der Waals surface area (Å²) in [5.74, 6) is -5.24. The second kappa shape index (κ2) is 7.27. The molecule has 0 aromatic rings. The molecule has 1 rings (SSSR count). The number of carbonyl (C=O) groups excluding carboxylic acids is 4. The van der Waals surface area contributed by atoms with Gasteiger partial charge in [0.25, 0.3) is 0 Å². The third-order valence-corrected chi connectivity index (χ3v) is 4.43. The summed E-state index contributed by atoms with van der Waals surface area (Å²) in [7, 11) is 0. The fraction of sp³-hybridized carbons (Fsp3) is 0.714. The van der Waals surface area contributed by atoms with Crippen LogP contribution in [0.4, 0.5) is 0 Å². The van der Waals surface area contributed by atoms with Crippen LogP contribution in [0.3, 0.4) is 0 Å². The summed E-state index contributed by atoms with van der Waals surface area (Å²) in [5.41, 5.74) is -10.4. The molecular weight excluding hydrogens is 408 g/mol. The Morgan fingerprint density at radius 3 is 1.56 bits per heavy atom. The maximum Gasteiger partial charge on any atom is 0.213 e. The molecule has 1 heterocycles. The van der Waals surface area contributed by atoms with E-state index >= 15 is 0 Å². The normalized spacial score (nSPS) is 39.1. The molecule has 11 heteroatoms. The monoisotopic (exact) mass is 428 g/mol. The fourth-order valence-electron chi connectivity index (χ4n) is 2.95. The summed E-state index contributed by atoms with van der Waals surface area (Å²) in [5, 5.41) is 51.8. The van der Waals surface area contributed by atoms with E-state index in [1.54, 1.807) is 0 Å². The number of aliphatic hydroxyl groups excluding tert-OH is 2. The lowest BCUT2D eigenvalue weighted by atomic mass is 9.60. The zero-order valence-corrected chi connectivity index (χ0v) is 15.6. The molecule has 0 aromatic carbocycles. The van der Waals surface area contributed by atoms with Crippen LogP contribution in [0.2, 0.25) is 0 Å². The molecule has 0 aliphatic carbocycles. The highest BCUT2D eigenvalue weighted by Crippen LogP contribution is 2.46. The van der Waals surface area contributed by atoms with E-state index in [2.05, 4.69) is 0 Å². The summed E-state index contributed by atoms with van der Waals surface area (Å²) >= 11 is 0. The van der Waals surface area contributed by atoms with Crippen LogP contribution in [-0.2, 0) is 23.9 Å². The standard InChI is InChI=1S/C14H20O10.BrH/c1-5(15)9(19)10-12(21,6(2)16)14(23,8(4)18)13(22,7(3)17)11(20)24-10;/h9-11,19-23H,1-4H3;1H/t9?,10-,11+,12-,13+,14+;/m1./s1. The zero-order valence-electron chi connectivity index (χ0n) is 13.9. The van der Waals surface area contributed by atoms with Gasteiger partial charge in [0.05, 0.1) is 0 Å². The van der Waals surface area contributed by atoms with E-state index in [4.69, 9.17) is 4.74 Å². The van der Waals surface area contributed by atoms with Crippen molar-refractivity contribution in [1.29, 1.82) is 0 Å². The fourth-order valence-corrected chi connectivity index (χ4v) is 2.95. The smallest absolute Gasteiger partial charge is 0.213 e. The minimum Gasteiger partial charge on any atom is -0.382 e. The lowest BCUT2D eigenvalue weighted by Crippen LogP contribution is -2.87. The van der Waals surface area contributed by atoms with Crippen LogP contribution in [0.15, 0.2) is 0 Å². The maximum atomic E-state index is 12.0. The van der Waals surface area contributed by atoms with Crippen LogP contribution in [0.1, 0.15) is 27.7 Å². The van der Waals surface area contributed by atoms with Crippen molar-refractivity contribution in [2.45, 2.75) is 63.0 Å². The Morgan fingerprint density at radius 2 is 1.28 bits per heavy atom. The van der Waals surface area contributed by atoms with Crippen LogP contribution in [0.5, 0.6) is 0 Å².